The Hall–Kier alpha value is -1.79. The van der Waals surface area contributed by atoms with E-state index in [0.717, 1.165) is 30.2 Å². The van der Waals surface area contributed by atoms with Gasteiger partial charge in [-0.1, -0.05) is 48.0 Å². The summed E-state index contributed by atoms with van der Waals surface area (Å²) in [6.45, 7) is 2.77. The predicted octanol–water partition coefficient (Wildman–Crippen LogP) is 3.75. The number of hydrogen-bond donors (Lipinski definition) is 1. The Morgan fingerprint density at radius 3 is 2.08 bits per heavy atom. The number of aryl methyl sites for hydroxylation is 2. The van der Waals surface area contributed by atoms with Gasteiger partial charge in [-0.2, -0.15) is 8.78 Å². The summed E-state index contributed by atoms with van der Waals surface area (Å²) in [7, 11) is -4.99. The van der Waals surface area contributed by atoms with Gasteiger partial charge in [-0.3, -0.25) is 0 Å². The molecule has 0 saturated heterocycles. The average molecular weight is 354 g/mol. The van der Waals surface area contributed by atoms with Gasteiger partial charge in [0, 0.05) is 0 Å². The maximum Gasteiger partial charge on any atom is 0.377 e. The summed E-state index contributed by atoms with van der Waals surface area (Å²) in [5.74, 6) is 0. The van der Waals surface area contributed by atoms with Crippen LogP contribution in [0.5, 0.6) is 0 Å². The molecule has 0 fully saturated rings. The minimum absolute atomic E-state index is 0.146. The van der Waals surface area contributed by atoms with E-state index in [2.05, 4.69) is 0 Å². The predicted molar refractivity (Wildman–Crippen MR) is 88.7 cm³/mol. The van der Waals surface area contributed by atoms with Gasteiger partial charge in [-0.25, -0.2) is 8.42 Å². The van der Waals surface area contributed by atoms with Crippen LogP contribution in [0.2, 0.25) is 0 Å². The van der Waals surface area contributed by atoms with E-state index in [9.17, 15) is 22.3 Å². The zero-order valence-electron chi connectivity index (χ0n) is 13.5. The van der Waals surface area contributed by atoms with E-state index >= 15 is 0 Å². The van der Waals surface area contributed by atoms with Crippen molar-refractivity contribution in [3.05, 3.63) is 65.7 Å². The maximum absolute atomic E-state index is 14.6. The lowest BCUT2D eigenvalue weighted by atomic mass is 9.96. The van der Waals surface area contributed by atoms with Crippen molar-refractivity contribution in [3.63, 3.8) is 0 Å². The quantitative estimate of drug-likeness (QED) is 0.860. The van der Waals surface area contributed by atoms with E-state index in [4.69, 9.17) is 0 Å². The van der Waals surface area contributed by atoms with Gasteiger partial charge in [0.2, 0.25) is 9.84 Å². The molecule has 0 radical (unpaired) electrons. The maximum atomic E-state index is 14.6. The number of benzene rings is 2. The van der Waals surface area contributed by atoms with E-state index in [0.29, 0.717) is 0 Å². The summed E-state index contributed by atoms with van der Waals surface area (Å²) in [5.41, 5.74) is -0.900. The second kappa shape index (κ2) is 6.61. The molecule has 2 rings (SSSR count). The first kappa shape index (κ1) is 18.5. The Balaban J connectivity index is 2.24. The number of halogens is 2. The van der Waals surface area contributed by atoms with Gasteiger partial charge in [-0.05, 0) is 44.4 Å². The molecule has 0 saturated carbocycles. The summed E-state index contributed by atoms with van der Waals surface area (Å²) >= 11 is 0. The van der Waals surface area contributed by atoms with Crippen LogP contribution in [0.15, 0.2) is 59.5 Å². The molecule has 0 aromatic heterocycles. The van der Waals surface area contributed by atoms with Crippen LogP contribution in [0.25, 0.3) is 0 Å². The van der Waals surface area contributed by atoms with Gasteiger partial charge in [0.25, 0.3) is 0 Å². The molecule has 2 aromatic carbocycles. The van der Waals surface area contributed by atoms with Crippen LogP contribution in [-0.2, 0) is 16.3 Å². The third-order valence-corrected chi connectivity index (χ3v) is 6.05. The minimum Gasteiger partial charge on any atom is -0.383 e. The first-order valence-corrected chi connectivity index (χ1v) is 9.02. The summed E-state index contributed by atoms with van der Waals surface area (Å²) in [6, 6.07) is 13.7. The molecule has 3 nitrogen and oxygen atoms in total. The zero-order valence-corrected chi connectivity index (χ0v) is 14.4. The lowest BCUT2D eigenvalue weighted by molar-refractivity contribution is -0.118. The number of alkyl halides is 2. The van der Waals surface area contributed by atoms with Gasteiger partial charge >= 0.3 is 5.25 Å². The molecule has 0 heterocycles. The number of aliphatic hydroxyl groups is 1. The standard InChI is InChI=1S/C18H20F2O3S/c1-14-8-10-15(11-9-14)12-13-17(2,21)18(19,20)24(22,23)16-6-4-3-5-7-16/h3-11,21H,12-13H2,1-2H3. The highest BCUT2D eigenvalue weighted by Crippen LogP contribution is 2.40. The molecule has 6 heteroatoms. The second-order valence-electron chi connectivity index (χ2n) is 6.09. The van der Waals surface area contributed by atoms with Gasteiger partial charge in [0.15, 0.2) is 0 Å². The van der Waals surface area contributed by atoms with E-state index in [1.807, 2.05) is 19.1 Å². The molecule has 1 N–H and O–H groups in total. The Morgan fingerprint density at radius 1 is 1.00 bits per heavy atom. The molecule has 0 aliphatic heterocycles. The zero-order chi connectivity index (χ0) is 18.0. The van der Waals surface area contributed by atoms with Crippen molar-refractivity contribution in [1.82, 2.24) is 0 Å². The Labute approximate surface area is 140 Å². The monoisotopic (exact) mass is 354 g/mol. The van der Waals surface area contributed by atoms with Crippen molar-refractivity contribution in [2.24, 2.45) is 0 Å². The van der Waals surface area contributed by atoms with Gasteiger partial charge in [0.1, 0.15) is 5.60 Å². The summed E-state index contributed by atoms with van der Waals surface area (Å²) in [6.07, 6.45) is -0.234. The SMILES string of the molecule is Cc1ccc(CCC(C)(O)C(F)(F)S(=O)(=O)c2ccccc2)cc1. The fourth-order valence-corrected chi connectivity index (χ4v) is 3.82. The average Bonchev–Trinajstić information content (AvgIpc) is 2.55. The minimum atomic E-state index is -4.99. The van der Waals surface area contributed by atoms with Gasteiger partial charge in [0.05, 0.1) is 4.90 Å². The molecule has 0 spiro atoms. The van der Waals surface area contributed by atoms with E-state index in [-0.39, 0.29) is 12.8 Å². The highest BCUT2D eigenvalue weighted by molar-refractivity contribution is 7.92. The topological polar surface area (TPSA) is 54.4 Å². The van der Waals surface area contributed by atoms with Crippen molar-refractivity contribution in [3.8, 4) is 0 Å². The second-order valence-corrected chi connectivity index (χ2v) is 8.08. The smallest absolute Gasteiger partial charge is 0.377 e. The van der Waals surface area contributed by atoms with Crippen molar-refractivity contribution < 1.29 is 22.3 Å². The van der Waals surface area contributed by atoms with E-state index in [1.165, 1.54) is 18.2 Å². The number of sulfone groups is 1. The lowest BCUT2D eigenvalue weighted by Gasteiger charge is -2.32. The fourth-order valence-electron chi connectivity index (χ4n) is 2.33. The normalized spacial score (nSPS) is 15.0. The third-order valence-electron chi connectivity index (χ3n) is 4.04. The Morgan fingerprint density at radius 2 is 1.54 bits per heavy atom. The summed E-state index contributed by atoms with van der Waals surface area (Å²) in [4.78, 5) is -0.509. The van der Waals surface area contributed by atoms with Crippen LogP contribution in [0.4, 0.5) is 8.78 Å². The highest BCUT2D eigenvalue weighted by atomic mass is 32.2. The molecule has 1 unspecified atom stereocenters. The Bertz CT molecular complexity index is 783. The van der Waals surface area contributed by atoms with Crippen LogP contribution in [0, 0.1) is 6.92 Å². The third kappa shape index (κ3) is 3.49. The van der Waals surface area contributed by atoms with Crippen LogP contribution < -0.4 is 0 Å². The van der Waals surface area contributed by atoms with Crippen molar-refractivity contribution in [2.75, 3.05) is 0 Å². The van der Waals surface area contributed by atoms with E-state index < -0.39 is 25.6 Å². The highest BCUT2D eigenvalue weighted by Gasteiger charge is 2.59. The lowest BCUT2D eigenvalue weighted by Crippen LogP contribution is -2.51. The first-order valence-electron chi connectivity index (χ1n) is 7.53. The molecule has 0 amide bonds. The van der Waals surface area contributed by atoms with Crippen LogP contribution >= 0.6 is 0 Å². The molecule has 2 aromatic rings. The molecule has 130 valence electrons. The van der Waals surface area contributed by atoms with Gasteiger partial charge < -0.3 is 5.11 Å². The molecular formula is C18H20F2O3S. The molecule has 0 aliphatic carbocycles. The van der Waals surface area contributed by atoms with Crippen LogP contribution in [0.3, 0.4) is 0 Å². The van der Waals surface area contributed by atoms with Crippen molar-refractivity contribution in [2.45, 2.75) is 42.4 Å². The molecule has 0 aliphatic rings. The number of rotatable bonds is 6. The van der Waals surface area contributed by atoms with Gasteiger partial charge in [-0.15, -0.1) is 0 Å². The molecule has 1 atom stereocenters. The first-order chi connectivity index (χ1) is 11.1. The molecule has 0 bridgehead atoms. The van der Waals surface area contributed by atoms with Crippen LogP contribution in [-0.4, -0.2) is 24.4 Å². The Kier molecular flexibility index (Phi) is 5.11. The molecular weight excluding hydrogens is 334 g/mol. The fraction of sp³-hybridized carbons (Fsp3) is 0.333. The largest absolute Gasteiger partial charge is 0.383 e. The molecule has 24 heavy (non-hydrogen) atoms. The summed E-state index contributed by atoms with van der Waals surface area (Å²) < 4.78 is 53.7. The van der Waals surface area contributed by atoms with Crippen LogP contribution in [0.1, 0.15) is 24.5 Å². The van der Waals surface area contributed by atoms with E-state index in [1.54, 1.807) is 12.1 Å². The number of hydrogen-bond acceptors (Lipinski definition) is 3. The summed E-state index contributed by atoms with van der Waals surface area (Å²) in [5, 5.41) is 5.93. The van der Waals surface area contributed by atoms with Crippen molar-refractivity contribution in [1.29, 1.82) is 0 Å². The van der Waals surface area contributed by atoms with Crippen molar-refractivity contribution >= 4 is 9.84 Å².